The van der Waals surface area contributed by atoms with Crippen molar-refractivity contribution in [1.29, 1.82) is 0 Å². The molecule has 3 aliphatic rings. The molecule has 0 N–H and O–H groups in total. The van der Waals surface area contributed by atoms with Crippen LogP contribution in [0.5, 0.6) is 0 Å². The van der Waals surface area contributed by atoms with Crippen LogP contribution >= 0.6 is 0 Å². The van der Waals surface area contributed by atoms with Crippen molar-refractivity contribution in [2.45, 2.75) is 49.8 Å². The van der Waals surface area contributed by atoms with Crippen LogP contribution in [0.25, 0.3) is 0 Å². The van der Waals surface area contributed by atoms with E-state index >= 15 is 0 Å². The van der Waals surface area contributed by atoms with Crippen LogP contribution in [0.3, 0.4) is 0 Å². The monoisotopic (exact) mass is 198 g/mol. The van der Waals surface area contributed by atoms with Gasteiger partial charge in [-0.2, -0.15) is 0 Å². The summed E-state index contributed by atoms with van der Waals surface area (Å²) in [5.41, 5.74) is -1.13. The second-order valence-corrected chi connectivity index (χ2v) is 4.80. The summed E-state index contributed by atoms with van der Waals surface area (Å²) in [6.07, 6.45) is 0.162. The Bertz CT molecular complexity index is 315. The van der Waals surface area contributed by atoms with E-state index in [1.165, 1.54) is 0 Å². The molecular weight excluding hydrogens is 184 g/mol. The Hall–Kier alpha value is -0.450. The average molecular weight is 198 g/mol. The van der Waals surface area contributed by atoms with Gasteiger partial charge in [0.25, 0.3) is 0 Å². The van der Waals surface area contributed by atoms with Crippen LogP contribution in [0.1, 0.15) is 20.3 Å². The first-order chi connectivity index (χ1) is 6.51. The van der Waals surface area contributed by atoms with Gasteiger partial charge in [0.1, 0.15) is 17.3 Å². The maximum atomic E-state index is 11.9. The summed E-state index contributed by atoms with van der Waals surface area (Å²) in [5, 5.41) is 0. The number of carbonyl (C=O) groups is 1. The third kappa shape index (κ3) is 0.710. The van der Waals surface area contributed by atoms with E-state index in [0.717, 1.165) is 0 Å². The second-order valence-electron chi connectivity index (χ2n) is 4.80. The van der Waals surface area contributed by atoms with Crippen LogP contribution < -0.4 is 0 Å². The van der Waals surface area contributed by atoms with Gasteiger partial charge in [-0.25, -0.2) is 0 Å². The summed E-state index contributed by atoms with van der Waals surface area (Å²) in [4.78, 5) is 11.9. The van der Waals surface area contributed by atoms with Gasteiger partial charge in [-0.15, -0.1) is 0 Å². The SMILES string of the molecule is CO[C@H]1C[C@@]2(C)O[C@@]3(C)[C@@H]1O[C@H]3C2=O. The minimum Gasteiger partial charge on any atom is -0.379 e. The lowest BCUT2D eigenvalue weighted by Crippen LogP contribution is -2.68. The van der Waals surface area contributed by atoms with Crippen molar-refractivity contribution in [3.05, 3.63) is 0 Å². The lowest BCUT2D eigenvalue weighted by Gasteiger charge is -2.52. The van der Waals surface area contributed by atoms with Crippen LogP contribution in [0.15, 0.2) is 0 Å². The number of hydrogen-bond donors (Lipinski definition) is 0. The maximum absolute atomic E-state index is 11.9. The molecule has 3 rings (SSSR count). The van der Waals surface area contributed by atoms with Crippen LogP contribution in [-0.4, -0.2) is 42.4 Å². The van der Waals surface area contributed by atoms with Gasteiger partial charge < -0.3 is 14.2 Å². The van der Waals surface area contributed by atoms with Gasteiger partial charge in [-0.3, -0.25) is 4.79 Å². The quantitative estimate of drug-likeness (QED) is 0.607. The summed E-state index contributed by atoms with van der Waals surface area (Å²) in [6.45, 7) is 3.78. The minimum atomic E-state index is -0.687. The van der Waals surface area contributed by atoms with E-state index < -0.39 is 11.2 Å². The highest BCUT2D eigenvalue weighted by Crippen LogP contribution is 2.55. The van der Waals surface area contributed by atoms with E-state index in [1.54, 1.807) is 7.11 Å². The van der Waals surface area contributed by atoms with Crippen molar-refractivity contribution < 1.29 is 19.0 Å². The smallest absolute Gasteiger partial charge is 0.196 e. The molecule has 4 heteroatoms. The molecule has 2 bridgehead atoms. The summed E-state index contributed by atoms with van der Waals surface area (Å²) < 4.78 is 16.7. The zero-order chi connectivity index (χ0) is 10.1. The van der Waals surface area contributed by atoms with Gasteiger partial charge in [0.2, 0.25) is 0 Å². The molecule has 0 saturated carbocycles. The zero-order valence-electron chi connectivity index (χ0n) is 8.57. The lowest BCUT2D eigenvalue weighted by atomic mass is 9.83. The minimum absolute atomic E-state index is 0.0125. The first-order valence-electron chi connectivity index (χ1n) is 4.94. The highest BCUT2D eigenvalue weighted by Gasteiger charge is 2.74. The number of ether oxygens (including phenoxy) is 3. The Morgan fingerprint density at radius 1 is 1.50 bits per heavy atom. The predicted octanol–water partition coefficient (Wildman–Crippen LogP) is 0.289. The Morgan fingerprint density at radius 3 is 2.86 bits per heavy atom. The summed E-state index contributed by atoms with van der Waals surface area (Å²) in [6, 6.07) is 0. The van der Waals surface area contributed by atoms with Crippen LogP contribution in [0, 0.1) is 0 Å². The highest BCUT2D eigenvalue weighted by molar-refractivity contribution is 5.96. The van der Waals surface area contributed by atoms with Crippen molar-refractivity contribution in [3.8, 4) is 0 Å². The van der Waals surface area contributed by atoms with Gasteiger partial charge in [0.15, 0.2) is 11.9 Å². The molecule has 0 aliphatic carbocycles. The number of rotatable bonds is 1. The van der Waals surface area contributed by atoms with E-state index in [-0.39, 0.29) is 24.1 Å². The highest BCUT2D eigenvalue weighted by atomic mass is 16.7. The van der Waals surface area contributed by atoms with Crippen LogP contribution in [0.4, 0.5) is 0 Å². The fourth-order valence-electron chi connectivity index (χ4n) is 3.04. The van der Waals surface area contributed by atoms with E-state index in [1.807, 2.05) is 13.8 Å². The summed E-state index contributed by atoms with van der Waals surface area (Å²) in [5.74, 6) is 0.0794. The summed E-state index contributed by atoms with van der Waals surface area (Å²) in [7, 11) is 1.66. The van der Waals surface area contributed by atoms with Gasteiger partial charge in [-0.1, -0.05) is 0 Å². The molecular formula is C10H14O4. The van der Waals surface area contributed by atoms with E-state index in [4.69, 9.17) is 14.2 Å². The van der Waals surface area contributed by atoms with Gasteiger partial charge in [0, 0.05) is 13.5 Å². The lowest BCUT2D eigenvalue weighted by molar-refractivity contribution is -0.326. The summed E-state index contributed by atoms with van der Waals surface area (Å²) >= 11 is 0. The molecule has 0 aromatic rings. The Morgan fingerprint density at radius 2 is 2.21 bits per heavy atom. The predicted molar refractivity (Wildman–Crippen MR) is 47.0 cm³/mol. The molecule has 5 atom stereocenters. The standard InChI is InChI=1S/C10H14O4/c1-9-4-5(12-3)7-10(2,14-9)8(13-7)6(9)11/h5,7-8H,4H2,1-3H3/t5-,7+,8-,9+,10-/m0/s1. The maximum Gasteiger partial charge on any atom is 0.196 e. The zero-order valence-corrected chi connectivity index (χ0v) is 8.57. The normalized spacial score (nSPS) is 59.9. The van der Waals surface area contributed by atoms with Crippen molar-refractivity contribution in [1.82, 2.24) is 0 Å². The average Bonchev–Trinajstić information content (AvgIpc) is 2.25. The van der Waals surface area contributed by atoms with Crippen LogP contribution in [0.2, 0.25) is 0 Å². The number of Topliss-reactive ketones (excluding diaryl/α,β-unsaturated/α-hetero) is 1. The molecule has 0 unspecified atom stereocenters. The number of methoxy groups -OCH3 is 1. The molecule has 0 spiro atoms. The fourth-order valence-corrected chi connectivity index (χ4v) is 3.04. The molecule has 14 heavy (non-hydrogen) atoms. The van der Waals surface area contributed by atoms with Crippen LogP contribution in [-0.2, 0) is 19.0 Å². The second kappa shape index (κ2) is 2.21. The molecule has 0 radical (unpaired) electrons. The molecule has 4 nitrogen and oxygen atoms in total. The van der Waals surface area contributed by atoms with Gasteiger partial charge in [0.05, 0.1) is 6.10 Å². The number of fused-ring (bicyclic) bond motifs is 1. The van der Waals surface area contributed by atoms with E-state index in [9.17, 15) is 4.79 Å². The molecule has 3 aliphatic heterocycles. The first kappa shape index (κ1) is 8.83. The van der Waals surface area contributed by atoms with Gasteiger partial charge >= 0.3 is 0 Å². The van der Waals surface area contributed by atoms with Gasteiger partial charge in [-0.05, 0) is 13.8 Å². The Labute approximate surface area is 82.5 Å². The van der Waals surface area contributed by atoms with Crippen molar-refractivity contribution in [2.24, 2.45) is 0 Å². The van der Waals surface area contributed by atoms with Crippen molar-refractivity contribution in [2.75, 3.05) is 7.11 Å². The topological polar surface area (TPSA) is 44.8 Å². The first-order valence-corrected chi connectivity index (χ1v) is 4.94. The van der Waals surface area contributed by atoms with E-state index in [0.29, 0.717) is 6.42 Å². The molecule has 3 saturated heterocycles. The van der Waals surface area contributed by atoms with E-state index in [2.05, 4.69) is 0 Å². The largest absolute Gasteiger partial charge is 0.379 e. The fraction of sp³-hybridized carbons (Fsp3) is 0.900. The molecule has 0 amide bonds. The molecule has 0 aromatic carbocycles. The Kier molecular flexibility index (Phi) is 1.39. The third-order valence-electron chi connectivity index (χ3n) is 3.80. The van der Waals surface area contributed by atoms with Crippen molar-refractivity contribution in [3.63, 3.8) is 0 Å². The molecule has 3 heterocycles. The molecule has 0 aromatic heterocycles. The number of carbonyl (C=O) groups excluding carboxylic acids is 1. The number of ketones is 1. The molecule has 78 valence electrons. The third-order valence-corrected chi connectivity index (χ3v) is 3.80. The van der Waals surface area contributed by atoms with Crippen molar-refractivity contribution >= 4 is 5.78 Å². The molecule has 3 fully saturated rings. The number of hydrogen-bond acceptors (Lipinski definition) is 4. The Balaban J connectivity index is 2.05.